The van der Waals surface area contributed by atoms with Crippen LogP contribution in [0, 0.1) is 11.2 Å². The molecule has 3 heterocycles. The molecule has 10 nitrogen and oxygen atoms in total. The lowest BCUT2D eigenvalue weighted by molar-refractivity contribution is -0.157. The highest BCUT2D eigenvalue weighted by atomic mass is 32.2. The Labute approximate surface area is 244 Å². The molecule has 2 aromatic carbocycles. The van der Waals surface area contributed by atoms with Crippen molar-refractivity contribution < 1.29 is 22.3 Å². The summed E-state index contributed by atoms with van der Waals surface area (Å²) in [5.41, 5.74) is 1.10. The number of carbonyl (C=O) groups is 1. The van der Waals surface area contributed by atoms with Gasteiger partial charge in [0.15, 0.2) is 0 Å². The van der Waals surface area contributed by atoms with Crippen molar-refractivity contribution in [2.45, 2.75) is 31.1 Å². The minimum Gasteiger partial charge on any atom is -0.466 e. The van der Waals surface area contributed by atoms with Crippen LogP contribution >= 0.6 is 0 Å². The number of hydrogen-bond acceptors (Lipinski definition) is 9. The number of benzene rings is 2. The molecule has 0 spiro atoms. The molecule has 42 heavy (non-hydrogen) atoms. The maximum absolute atomic E-state index is 13.7. The van der Waals surface area contributed by atoms with Crippen LogP contribution in [0.15, 0.2) is 90.2 Å². The summed E-state index contributed by atoms with van der Waals surface area (Å²) in [4.78, 5) is 26.1. The number of nitrogens with zero attached hydrogens (tertiary/aromatic N) is 4. The van der Waals surface area contributed by atoms with Crippen LogP contribution in [0.3, 0.4) is 0 Å². The average Bonchev–Trinajstić information content (AvgIpc) is 3.00. The van der Waals surface area contributed by atoms with Crippen molar-refractivity contribution in [1.82, 2.24) is 19.3 Å². The SMILES string of the molecule is CCOC(=O)C1(Cc2cccnc2)CCCN(S(=O)(=O)c2ccc(Nc3nccc(Nc4ccc(F)cc4)n3)cc2)C1. The van der Waals surface area contributed by atoms with Gasteiger partial charge in [-0.2, -0.15) is 9.29 Å². The summed E-state index contributed by atoms with van der Waals surface area (Å²) >= 11 is 0. The molecule has 0 radical (unpaired) electrons. The smallest absolute Gasteiger partial charge is 0.313 e. The molecular weight excluding hydrogens is 559 g/mol. The highest BCUT2D eigenvalue weighted by molar-refractivity contribution is 7.89. The van der Waals surface area contributed by atoms with Crippen LogP contribution in [-0.4, -0.2) is 53.3 Å². The van der Waals surface area contributed by atoms with Crippen LogP contribution in [0.2, 0.25) is 0 Å². The van der Waals surface area contributed by atoms with Crippen LogP contribution in [0.1, 0.15) is 25.3 Å². The quantitative estimate of drug-likeness (QED) is 0.243. The van der Waals surface area contributed by atoms with Crippen LogP contribution in [0.4, 0.5) is 27.5 Å². The summed E-state index contributed by atoms with van der Waals surface area (Å²) in [6.07, 6.45) is 6.30. The second kappa shape index (κ2) is 12.6. The maximum Gasteiger partial charge on any atom is 0.313 e. The molecular formula is C30H31FN6O4S. The molecule has 1 aliphatic heterocycles. The van der Waals surface area contributed by atoms with E-state index in [1.807, 2.05) is 6.07 Å². The third-order valence-corrected chi connectivity index (χ3v) is 8.90. The zero-order chi connectivity index (χ0) is 29.6. The lowest BCUT2D eigenvalue weighted by atomic mass is 9.76. The number of piperidine rings is 1. The van der Waals surface area contributed by atoms with E-state index in [0.29, 0.717) is 48.9 Å². The topological polar surface area (TPSA) is 126 Å². The monoisotopic (exact) mass is 590 g/mol. The van der Waals surface area contributed by atoms with Crippen molar-refractivity contribution in [3.05, 3.63) is 96.7 Å². The van der Waals surface area contributed by atoms with Gasteiger partial charge in [-0.15, -0.1) is 0 Å². The zero-order valence-electron chi connectivity index (χ0n) is 23.0. The first-order valence-electron chi connectivity index (χ1n) is 13.6. The van der Waals surface area contributed by atoms with Crippen LogP contribution in [0.5, 0.6) is 0 Å². The number of hydrogen-bond donors (Lipinski definition) is 2. The molecule has 4 aromatic rings. The number of carbonyl (C=O) groups excluding carboxylic acids is 1. The highest BCUT2D eigenvalue weighted by Gasteiger charge is 2.46. The van der Waals surface area contributed by atoms with E-state index in [2.05, 4.69) is 25.6 Å². The van der Waals surface area contributed by atoms with Crippen molar-refractivity contribution in [1.29, 1.82) is 0 Å². The molecule has 0 saturated carbocycles. The van der Waals surface area contributed by atoms with Gasteiger partial charge in [0.2, 0.25) is 16.0 Å². The number of sulfonamides is 1. The summed E-state index contributed by atoms with van der Waals surface area (Å²) in [5, 5.41) is 6.15. The molecule has 1 aliphatic rings. The molecule has 218 valence electrons. The van der Waals surface area contributed by atoms with Crippen LogP contribution in [-0.2, 0) is 26.0 Å². The van der Waals surface area contributed by atoms with E-state index in [1.54, 1.807) is 61.9 Å². The lowest BCUT2D eigenvalue weighted by Gasteiger charge is -2.40. The molecule has 1 saturated heterocycles. The fraction of sp³-hybridized carbons (Fsp3) is 0.267. The van der Waals surface area contributed by atoms with Gasteiger partial charge in [0, 0.05) is 43.1 Å². The Hall–Kier alpha value is -4.42. The van der Waals surface area contributed by atoms with Crippen LogP contribution < -0.4 is 10.6 Å². The Kier molecular flexibility index (Phi) is 8.74. The van der Waals surface area contributed by atoms with E-state index in [0.717, 1.165) is 5.56 Å². The van der Waals surface area contributed by atoms with E-state index in [4.69, 9.17) is 4.74 Å². The normalized spacial score (nSPS) is 17.4. The Morgan fingerprint density at radius 1 is 1.02 bits per heavy atom. The van der Waals surface area contributed by atoms with Crippen molar-refractivity contribution in [2.75, 3.05) is 30.3 Å². The van der Waals surface area contributed by atoms with Crippen LogP contribution in [0.25, 0.3) is 0 Å². The molecule has 1 fully saturated rings. The Balaban J connectivity index is 1.30. The third-order valence-electron chi connectivity index (χ3n) is 7.04. The third kappa shape index (κ3) is 6.72. The number of esters is 1. The number of rotatable bonds is 10. The fourth-order valence-corrected chi connectivity index (χ4v) is 6.58. The summed E-state index contributed by atoms with van der Waals surface area (Å²) < 4.78 is 47.4. The first kappa shape index (κ1) is 29.1. The predicted octanol–water partition coefficient (Wildman–Crippen LogP) is 5.07. The van der Waals surface area contributed by atoms with Gasteiger partial charge in [0.05, 0.1) is 16.9 Å². The molecule has 1 unspecified atom stereocenters. The number of nitrogens with one attached hydrogen (secondary N) is 2. The van der Waals surface area contributed by atoms with Crippen molar-refractivity contribution in [2.24, 2.45) is 5.41 Å². The molecule has 0 amide bonds. The summed E-state index contributed by atoms with van der Waals surface area (Å²) in [5.74, 6) is 0.0620. The summed E-state index contributed by atoms with van der Waals surface area (Å²) in [6, 6.07) is 17.5. The lowest BCUT2D eigenvalue weighted by Crippen LogP contribution is -2.51. The molecule has 0 aliphatic carbocycles. The largest absolute Gasteiger partial charge is 0.466 e. The van der Waals surface area contributed by atoms with E-state index < -0.39 is 21.4 Å². The second-order valence-electron chi connectivity index (χ2n) is 10.0. The first-order chi connectivity index (χ1) is 20.3. The molecule has 0 bridgehead atoms. The van der Waals surface area contributed by atoms with Crippen molar-refractivity contribution in [3.63, 3.8) is 0 Å². The first-order valence-corrected chi connectivity index (χ1v) is 15.0. The van der Waals surface area contributed by atoms with Gasteiger partial charge in [-0.3, -0.25) is 9.78 Å². The average molecular weight is 591 g/mol. The number of aromatic nitrogens is 3. The van der Waals surface area contributed by atoms with Gasteiger partial charge in [0.1, 0.15) is 11.6 Å². The summed E-state index contributed by atoms with van der Waals surface area (Å²) in [7, 11) is -3.89. The number of halogens is 1. The Morgan fingerprint density at radius 2 is 1.76 bits per heavy atom. The van der Waals surface area contributed by atoms with Gasteiger partial charge in [0.25, 0.3) is 0 Å². The Morgan fingerprint density at radius 3 is 2.48 bits per heavy atom. The number of ether oxygens (including phenoxy) is 1. The minimum atomic E-state index is -3.89. The molecule has 12 heteroatoms. The van der Waals surface area contributed by atoms with Gasteiger partial charge in [-0.05, 0) is 92.4 Å². The second-order valence-corrected chi connectivity index (χ2v) is 12.0. The molecule has 2 N–H and O–H groups in total. The fourth-order valence-electron chi connectivity index (χ4n) is 5.01. The van der Waals surface area contributed by atoms with Gasteiger partial charge in [-0.1, -0.05) is 6.07 Å². The summed E-state index contributed by atoms with van der Waals surface area (Å²) in [6.45, 7) is 2.28. The van der Waals surface area contributed by atoms with E-state index >= 15 is 0 Å². The van der Waals surface area contributed by atoms with Gasteiger partial charge >= 0.3 is 5.97 Å². The molecule has 5 rings (SSSR count). The Bertz CT molecular complexity index is 1620. The predicted molar refractivity (Wildman–Crippen MR) is 156 cm³/mol. The van der Waals surface area contributed by atoms with Crippen molar-refractivity contribution >= 4 is 39.1 Å². The minimum absolute atomic E-state index is 0.0186. The van der Waals surface area contributed by atoms with E-state index in [-0.39, 0.29) is 23.9 Å². The zero-order valence-corrected chi connectivity index (χ0v) is 23.9. The number of anilines is 4. The van der Waals surface area contributed by atoms with Gasteiger partial charge < -0.3 is 15.4 Å². The maximum atomic E-state index is 13.7. The molecule has 2 aromatic heterocycles. The number of pyridine rings is 1. The highest BCUT2D eigenvalue weighted by Crippen LogP contribution is 2.37. The van der Waals surface area contributed by atoms with E-state index in [1.165, 1.54) is 28.6 Å². The van der Waals surface area contributed by atoms with Crippen molar-refractivity contribution in [3.8, 4) is 0 Å². The van der Waals surface area contributed by atoms with E-state index in [9.17, 15) is 17.6 Å². The standard InChI is InChI=1S/C30H31FN6O4S/c1-2-41-28(38)30(19-22-5-3-16-32-20-22)15-4-18-37(21-30)42(39,40)26-12-10-25(11-13-26)35-29-33-17-14-27(36-29)34-24-8-6-23(31)7-9-24/h3,5-14,16-17,20H,2,4,15,18-19,21H2,1H3,(H2,33,34,35,36). The van der Waals surface area contributed by atoms with Gasteiger partial charge in [-0.25, -0.2) is 17.8 Å². The molecule has 1 atom stereocenters.